The number of hydrogen-bond acceptors (Lipinski definition) is 3. The summed E-state index contributed by atoms with van der Waals surface area (Å²) >= 11 is 0. The highest BCUT2D eigenvalue weighted by Gasteiger charge is 2.09. The molecule has 1 aromatic rings. The normalized spacial score (nSPS) is 10.1. The first-order valence-corrected chi connectivity index (χ1v) is 4.99. The first-order valence-electron chi connectivity index (χ1n) is 4.99. The Morgan fingerprint density at radius 3 is 2.69 bits per heavy atom. The summed E-state index contributed by atoms with van der Waals surface area (Å²) in [5, 5.41) is 2.69. The van der Waals surface area contributed by atoms with Crippen molar-refractivity contribution in [1.82, 2.24) is 9.88 Å². The van der Waals surface area contributed by atoms with Crippen LogP contribution in [0.1, 0.15) is 23.3 Å². The Hall–Kier alpha value is -1.98. The van der Waals surface area contributed by atoms with Crippen molar-refractivity contribution in [3.8, 4) is 0 Å². The van der Waals surface area contributed by atoms with Crippen LogP contribution in [-0.2, 0) is 11.8 Å². The van der Waals surface area contributed by atoms with E-state index < -0.39 is 0 Å². The van der Waals surface area contributed by atoms with Crippen LogP contribution in [0, 0.1) is 0 Å². The van der Waals surface area contributed by atoms with Crippen molar-refractivity contribution in [2.75, 3.05) is 12.3 Å². The van der Waals surface area contributed by atoms with Crippen molar-refractivity contribution in [2.45, 2.75) is 12.8 Å². The van der Waals surface area contributed by atoms with Gasteiger partial charge in [-0.2, -0.15) is 0 Å². The largest absolute Gasteiger partial charge is 0.397 e. The first kappa shape index (κ1) is 12.1. The first-order chi connectivity index (χ1) is 7.50. The average molecular weight is 224 g/mol. The summed E-state index contributed by atoms with van der Waals surface area (Å²) in [6.45, 7) is 0.423. The van der Waals surface area contributed by atoms with E-state index in [1.807, 2.05) is 0 Å². The van der Waals surface area contributed by atoms with E-state index in [2.05, 4.69) is 5.32 Å². The Morgan fingerprint density at radius 2 is 2.19 bits per heavy atom. The molecule has 0 saturated carbocycles. The molecular formula is C10H16N4O2. The van der Waals surface area contributed by atoms with Crippen LogP contribution < -0.4 is 16.8 Å². The number of rotatable bonds is 5. The van der Waals surface area contributed by atoms with Crippen molar-refractivity contribution in [1.29, 1.82) is 0 Å². The zero-order valence-electron chi connectivity index (χ0n) is 9.19. The molecule has 0 spiro atoms. The van der Waals surface area contributed by atoms with E-state index in [9.17, 15) is 9.59 Å². The number of aromatic nitrogens is 1. The quantitative estimate of drug-likeness (QED) is 0.593. The molecule has 0 bridgehead atoms. The number of anilines is 1. The molecule has 16 heavy (non-hydrogen) atoms. The number of aryl methyl sites for hydroxylation is 1. The lowest BCUT2D eigenvalue weighted by Crippen LogP contribution is -2.27. The van der Waals surface area contributed by atoms with Crippen LogP contribution in [0.4, 0.5) is 5.69 Å². The van der Waals surface area contributed by atoms with Crippen LogP contribution >= 0.6 is 0 Å². The van der Waals surface area contributed by atoms with Crippen LogP contribution in [0.25, 0.3) is 0 Å². The second-order valence-electron chi connectivity index (χ2n) is 3.60. The van der Waals surface area contributed by atoms with Crippen LogP contribution in [-0.4, -0.2) is 22.9 Å². The molecule has 5 N–H and O–H groups in total. The predicted octanol–water partition coefficient (Wildman–Crippen LogP) is -0.397. The predicted molar refractivity (Wildman–Crippen MR) is 60.6 cm³/mol. The number of nitrogens with one attached hydrogen (secondary N) is 1. The fourth-order valence-corrected chi connectivity index (χ4v) is 1.37. The van der Waals surface area contributed by atoms with Crippen molar-refractivity contribution < 1.29 is 9.59 Å². The van der Waals surface area contributed by atoms with Crippen molar-refractivity contribution in [2.24, 2.45) is 12.8 Å². The smallest absolute Gasteiger partial charge is 0.267 e. The SMILES string of the molecule is Cn1cc(N)cc1C(=O)NCCCC(N)=O. The van der Waals surface area contributed by atoms with Crippen LogP contribution in [0.3, 0.4) is 0 Å². The number of carbonyl (C=O) groups is 2. The molecule has 0 unspecified atom stereocenters. The zero-order chi connectivity index (χ0) is 12.1. The van der Waals surface area contributed by atoms with Gasteiger partial charge in [0.15, 0.2) is 0 Å². The van der Waals surface area contributed by atoms with Gasteiger partial charge in [0.1, 0.15) is 5.69 Å². The molecule has 2 amide bonds. The molecule has 0 aromatic carbocycles. The van der Waals surface area contributed by atoms with Crippen LogP contribution in [0.5, 0.6) is 0 Å². The topological polar surface area (TPSA) is 103 Å². The lowest BCUT2D eigenvalue weighted by molar-refractivity contribution is -0.118. The molecule has 0 atom stereocenters. The maximum absolute atomic E-state index is 11.6. The third kappa shape index (κ3) is 3.30. The Morgan fingerprint density at radius 1 is 1.50 bits per heavy atom. The standard InChI is InChI=1S/C10H16N4O2/c1-14-6-7(11)5-8(14)10(16)13-4-2-3-9(12)15/h5-6H,2-4,11H2,1H3,(H2,12,15)(H,13,16). The maximum atomic E-state index is 11.6. The Bertz CT molecular complexity index is 398. The highest BCUT2D eigenvalue weighted by Crippen LogP contribution is 2.08. The Kier molecular flexibility index (Phi) is 3.93. The minimum Gasteiger partial charge on any atom is -0.397 e. The van der Waals surface area contributed by atoms with E-state index in [1.165, 1.54) is 0 Å². The van der Waals surface area contributed by atoms with E-state index in [-0.39, 0.29) is 18.2 Å². The van der Waals surface area contributed by atoms with Crippen molar-refractivity contribution in [3.05, 3.63) is 18.0 Å². The number of nitrogen functional groups attached to an aromatic ring is 1. The van der Waals surface area contributed by atoms with Gasteiger partial charge in [0.2, 0.25) is 5.91 Å². The molecule has 1 heterocycles. The summed E-state index contributed by atoms with van der Waals surface area (Å²) in [7, 11) is 1.74. The van der Waals surface area contributed by atoms with Crippen LogP contribution in [0.2, 0.25) is 0 Å². The van der Waals surface area contributed by atoms with E-state index >= 15 is 0 Å². The fourth-order valence-electron chi connectivity index (χ4n) is 1.37. The van der Waals surface area contributed by atoms with Crippen molar-refractivity contribution >= 4 is 17.5 Å². The number of nitrogens with zero attached hydrogens (tertiary/aromatic N) is 1. The van der Waals surface area contributed by atoms with E-state index in [0.717, 1.165) is 0 Å². The molecule has 1 aromatic heterocycles. The van der Waals surface area contributed by atoms with E-state index in [4.69, 9.17) is 11.5 Å². The van der Waals surface area contributed by atoms with Crippen LogP contribution in [0.15, 0.2) is 12.3 Å². The third-order valence-corrected chi connectivity index (χ3v) is 2.14. The molecule has 0 aliphatic rings. The van der Waals surface area contributed by atoms with Gasteiger partial charge < -0.3 is 21.4 Å². The molecule has 6 nitrogen and oxygen atoms in total. The van der Waals surface area contributed by atoms with E-state index in [0.29, 0.717) is 24.3 Å². The summed E-state index contributed by atoms with van der Waals surface area (Å²) < 4.78 is 1.65. The van der Waals surface area contributed by atoms with Gasteiger partial charge in [-0.3, -0.25) is 9.59 Å². The summed E-state index contributed by atoms with van der Waals surface area (Å²) in [6.07, 6.45) is 2.48. The van der Waals surface area contributed by atoms with Gasteiger partial charge in [-0.15, -0.1) is 0 Å². The monoisotopic (exact) mass is 224 g/mol. The summed E-state index contributed by atoms with van der Waals surface area (Å²) in [5.74, 6) is -0.568. The van der Waals surface area contributed by atoms with Gasteiger partial charge in [0.25, 0.3) is 5.91 Å². The second-order valence-corrected chi connectivity index (χ2v) is 3.60. The lowest BCUT2D eigenvalue weighted by atomic mass is 10.3. The molecular weight excluding hydrogens is 208 g/mol. The molecule has 0 fully saturated rings. The average Bonchev–Trinajstić information content (AvgIpc) is 2.52. The van der Waals surface area contributed by atoms with E-state index in [1.54, 1.807) is 23.9 Å². The lowest BCUT2D eigenvalue weighted by Gasteiger charge is -2.04. The molecule has 88 valence electrons. The number of amides is 2. The zero-order valence-corrected chi connectivity index (χ0v) is 9.19. The number of nitrogens with two attached hydrogens (primary N) is 2. The molecule has 0 aliphatic heterocycles. The minimum atomic E-state index is -0.364. The van der Waals surface area contributed by atoms with Gasteiger partial charge >= 0.3 is 0 Å². The van der Waals surface area contributed by atoms with Gasteiger partial charge in [-0.1, -0.05) is 0 Å². The van der Waals surface area contributed by atoms with Gasteiger partial charge in [-0.05, 0) is 12.5 Å². The van der Waals surface area contributed by atoms with Gasteiger partial charge in [0, 0.05) is 26.2 Å². The second kappa shape index (κ2) is 5.20. The fraction of sp³-hybridized carbons (Fsp3) is 0.400. The number of hydrogen-bond donors (Lipinski definition) is 3. The minimum absolute atomic E-state index is 0.205. The Balaban J connectivity index is 2.41. The highest BCUT2D eigenvalue weighted by atomic mass is 16.2. The summed E-state index contributed by atoms with van der Waals surface area (Å²) in [5.41, 5.74) is 11.6. The molecule has 1 rings (SSSR count). The maximum Gasteiger partial charge on any atom is 0.267 e. The van der Waals surface area contributed by atoms with Crippen molar-refractivity contribution in [3.63, 3.8) is 0 Å². The molecule has 0 saturated heterocycles. The molecule has 0 radical (unpaired) electrons. The third-order valence-electron chi connectivity index (χ3n) is 2.14. The molecule has 6 heteroatoms. The molecule has 0 aliphatic carbocycles. The number of carbonyl (C=O) groups excluding carboxylic acids is 2. The summed E-state index contributed by atoms with van der Waals surface area (Å²) in [6, 6.07) is 1.60. The summed E-state index contributed by atoms with van der Waals surface area (Å²) in [4.78, 5) is 22.1. The Labute approximate surface area is 93.6 Å². The van der Waals surface area contributed by atoms with Gasteiger partial charge in [-0.25, -0.2) is 0 Å². The highest BCUT2D eigenvalue weighted by molar-refractivity contribution is 5.93. The van der Waals surface area contributed by atoms with Gasteiger partial charge in [0.05, 0.1) is 5.69 Å². The number of primary amides is 1.